The van der Waals surface area contributed by atoms with Crippen LogP contribution in [0.3, 0.4) is 0 Å². The Balaban J connectivity index is 1.46. The third kappa shape index (κ3) is 4.38. The van der Waals surface area contributed by atoms with Crippen LogP contribution in [0.5, 0.6) is 11.5 Å². The molecule has 1 amide bonds. The van der Waals surface area contributed by atoms with E-state index in [-0.39, 0.29) is 10.4 Å². The van der Waals surface area contributed by atoms with Crippen molar-refractivity contribution in [1.82, 2.24) is 13.5 Å². The molecule has 1 aliphatic heterocycles. The van der Waals surface area contributed by atoms with E-state index in [1.165, 1.54) is 6.07 Å². The number of hydrogen-bond donors (Lipinski definition) is 2. The number of benzene rings is 3. The number of fused-ring (bicyclic) bond motifs is 2. The van der Waals surface area contributed by atoms with E-state index in [9.17, 15) is 13.2 Å². The highest BCUT2D eigenvalue weighted by Crippen LogP contribution is 2.33. The molecule has 2 N–H and O–H groups in total. The summed E-state index contributed by atoms with van der Waals surface area (Å²) in [7, 11) is -4.11. The van der Waals surface area contributed by atoms with Crippen LogP contribution in [0, 0.1) is 0 Å². The quantitative estimate of drug-likeness (QED) is 0.433. The van der Waals surface area contributed by atoms with Crippen molar-refractivity contribution >= 4 is 44.4 Å². The zero-order valence-electron chi connectivity index (χ0n) is 17.1. The van der Waals surface area contributed by atoms with E-state index in [0.29, 0.717) is 41.5 Å². The molecule has 2 heterocycles. The van der Waals surface area contributed by atoms with E-state index in [1.807, 2.05) is 0 Å². The highest BCUT2D eigenvalue weighted by atomic mass is 32.2. The van der Waals surface area contributed by atoms with Gasteiger partial charge in [-0.3, -0.25) is 4.79 Å². The molecule has 0 bridgehead atoms. The molecule has 33 heavy (non-hydrogen) atoms. The average molecular weight is 483 g/mol. The van der Waals surface area contributed by atoms with Crippen molar-refractivity contribution in [2.45, 2.75) is 10.9 Å². The molecule has 9 nitrogen and oxygen atoms in total. The minimum absolute atomic E-state index is 0.0400. The van der Waals surface area contributed by atoms with Gasteiger partial charge < -0.3 is 14.8 Å². The molecule has 0 aliphatic carbocycles. The van der Waals surface area contributed by atoms with Gasteiger partial charge in [-0.15, -0.1) is 0 Å². The summed E-state index contributed by atoms with van der Waals surface area (Å²) in [6, 6.07) is 17.2. The Morgan fingerprint density at radius 1 is 0.939 bits per heavy atom. The van der Waals surface area contributed by atoms with E-state index in [4.69, 9.17) is 9.47 Å². The van der Waals surface area contributed by atoms with Crippen LogP contribution in [0.2, 0.25) is 0 Å². The number of carbonyl (C=O) groups is 1. The Labute approximate surface area is 193 Å². The summed E-state index contributed by atoms with van der Waals surface area (Å²) in [4.78, 5) is 13.2. The second-order valence-electron chi connectivity index (χ2n) is 7.20. The monoisotopic (exact) mass is 482 g/mol. The molecule has 5 rings (SSSR count). The van der Waals surface area contributed by atoms with Gasteiger partial charge >= 0.3 is 0 Å². The predicted molar refractivity (Wildman–Crippen MR) is 123 cm³/mol. The number of rotatable bonds is 6. The molecule has 3 aromatic carbocycles. The van der Waals surface area contributed by atoms with E-state index < -0.39 is 22.0 Å². The van der Waals surface area contributed by atoms with Gasteiger partial charge in [-0.05, 0) is 29.8 Å². The van der Waals surface area contributed by atoms with Crippen molar-refractivity contribution < 1.29 is 22.7 Å². The molecule has 4 aromatic rings. The first-order chi connectivity index (χ1) is 16.0. The van der Waals surface area contributed by atoms with Crippen molar-refractivity contribution in [3.63, 3.8) is 0 Å². The van der Waals surface area contributed by atoms with Crippen LogP contribution in [0.4, 0.5) is 5.69 Å². The molecule has 1 atom stereocenters. The van der Waals surface area contributed by atoms with E-state index in [0.717, 1.165) is 11.7 Å². The molecule has 0 radical (unpaired) electrons. The highest BCUT2D eigenvalue weighted by Gasteiger charge is 2.29. The molecule has 11 heteroatoms. The predicted octanol–water partition coefficient (Wildman–Crippen LogP) is 3.12. The molecule has 0 saturated heterocycles. The van der Waals surface area contributed by atoms with Crippen LogP contribution < -0.4 is 19.5 Å². The molecule has 1 aromatic heterocycles. The number of amides is 1. The summed E-state index contributed by atoms with van der Waals surface area (Å²) in [5.41, 5.74) is 1.67. The first-order valence-corrected chi connectivity index (χ1v) is 12.2. The van der Waals surface area contributed by atoms with E-state index in [2.05, 4.69) is 18.8 Å². The fraction of sp³-hybridized carbons (Fsp3) is 0.136. The van der Waals surface area contributed by atoms with Crippen molar-refractivity contribution in [1.29, 1.82) is 0 Å². The summed E-state index contributed by atoms with van der Waals surface area (Å²) in [6.45, 7) is 0.867. The topological polar surface area (TPSA) is 120 Å². The van der Waals surface area contributed by atoms with Crippen LogP contribution >= 0.6 is 11.7 Å². The van der Waals surface area contributed by atoms with Gasteiger partial charge in [0.25, 0.3) is 0 Å². The molecule has 0 unspecified atom stereocenters. The minimum atomic E-state index is -4.11. The SMILES string of the molecule is O=C(Nc1ccc2c(c1)OCCO2)[C@@H](NS(=O)(=O)c1cccc2nsnc12)c1ccccc1. The maximum Gasteiger partial charge on any atom is 0.247 e. The number of sulfonamides is 1. The Hall–Kier alpha value is -3.54. The number of carbonyl (C=O) groups excluding carboxylic acids is 1. The number of aromatic nitrogens is 2. The first-order valence-electron chi connectivity index (χ1n) is 10.0. The van der Waals surface area contributed by atoms with Gasteiger partial charge in [-0.1, -0.05) is 36.4 Å². The largest absolute Gasteiger partial charge is 0.486 e. The number of ether oxygens (including phenoxy) is 2. The zero-order chi connectivity index (χ0) is 22.8. The summed E-state index contributed by atoms with van der Waals surface area (Å²) >= 11 is 0.924. The van der Waals surface area contributed by atoms with E-state index >= 15 is 0 Å². The standard InChI is InChI=1S/C22H18N4O5S2/c27-22(23-15-9-10-17-18(13-15)31-12-11-30-17)20(14-5-2-1-3-6-14)26-33(28,29)19-8-4-7-16-21(19)25-32-24-16/h1-10,13,20,26H,11-12H2,(H,23,27)/t20-/m0/s1. The van der Waals surface area contributed by atoms with Gasteiger partial charge in [0, 0.05) is 11.8 Å². The van der Waals surface area contributed by atoms with Gasteiger partial charge in [-0.25, -0.2) is 8.42 Å². The van der Waals surface area contributed by atoms with Crippen LogP contribution in [0.15, 0.2) is 71.6 Å². The summed E-state index contributed by atoms with van der Waals surface area (Å²) < 4.78 is 48.4. The van der Waals surface area contributed by atoms with Crippen molar-refractivity contribution in [2.75, 3.05) is 18.5 Å². The number of hydrogen-bond acceptors (Lipinski definition) is 8. The third-order valence-electron chi connectivity index (χ3n) is 5.02. The van der Waals surface area contributed by atoms with Crippen LogP contribution in [-0.2, 0) is 14.8 Å². The van der Waals surface area contributed by atoms with Crippen molar-refractivity contribution in [2.24, 2.45) is 0 Å². The lowest BCUT2D eigenvalue weighted by Crippen LogP contribution is -2.37. The third-order valence-corrected chi connectivity index (χ3v) is 7.01. The van der Waals surface area contributed by atoms with Crippen molar-refractivity contribution in [3.8, 4) is 11.5 Å². The second-order valence-corrected chi connectivity index (χ2v) is 9.41. The number of anilines is 1. The maximum absolute atomic E-state index is 13.3. The van der Waals surface area contributed by atoms with Crippen LogP contribution in [-0.4, -0.2) is 36.3 Å². The van der Waals surface area contributed by atoms with Gasteiger partial charge in [0.2, 0.25) is 15.9 Å². The molecule has 1 aliphatic rings. The fourth-order valence-corrected chi connectivity index (χ4v) is 5.42. The molecule has 0 saturated carbocycles. The van der Waals surface area contributed by atoms with Gasteiger partial charge in [0.1, 0.15) is 35.2 Å². The summed E-state index contributed by atoms with van der Waals surface area (Å²) in [5, 5.41) is 2.77. The maximum atomic E-state index is 13.3. The van der Waals surface area contributed by atoms with Gasteiger partial charge in [0.05, 0.1) is 11.7 Å². The molecular formula is C22H18N4O5S2. The number of nitrogens with zero attached hydrogens (tertiary/aromatic N) is 2. The second kappa shape index (κ2) is 8.77. The van der Waals surface area contributed by atoms with Crippen LogP contribution in [0.1, 0.15) is 11.6 Å². The Morgan fingerprint density at radius 3 is 2.55 bits per heavy atom. The minimum Gasteiger partial charge on any atom is -0.486 e. The van der Waals surface area contributed by atoms with Crippen LogP contribution in [0.25, 0.3) is 11.0 Å². The van der Waals surface area contributed by atoms with Gasteiger partial charge in [-0.2, -0.15) is 13.5 Å². The lowest BCUT2D eigenvalue weighted by Gasteiger charge is -2.21. The highest BCUT2D eigenvalue weighted by molar-refractivity contribution is 7.89. The lowest BCUT2D eigenvalue weighted by atomic mass is 10.1. The lowest BCUT2D eigenvalue weighted by molar-refractivity contribution is -0.117. The smallest absolute Gasteiger partial charge is 0.247 e. The zero-order valence-corrected chi connectivity index (χ0v) is 18.7. The molecule has 0 fully saturated rings. The van der Waals surface area contributed by atoms with E-state index in [1.54, 1.807) is 60.7 Å². The Bertz CT molecular complexity index is 1420. The Morgan fingerprint density at radius 2 is 1.73 bits per heavy atom. The first kappa shape index (κ1) is 21.3. The number of nitrogens with one attached hydrogen (secondary N) is 2. The molecule has 0 spiro atoms. The molecule has 168 valence electrons. The molecular weight excluding hydrogens is 464 g/mol. The fourth-order valence-electron chi connectivity index (χ4n) is 3.47. The average Bonchev–Trinajstić information content (AvgIpc) is 3.32. The van der Waals surface area contributed by atoms with Crippen molar-refractivity contribution in [3.05, 3.63) is 72.3 Å². The normalized spacial score (nSPS) is 14.1. The Kier molecular flexibility index (Phi) is 5.67. The summed E-state index contributed by atoms with van der Waals surface area (Å²) in [5.74, 6) is 0.549. The van der Waals surface area contributed by atoms with Gasteiger partial charge in [0.15, 0.2) is 11.5 Å². The summed E-state index contributed by atoms with van der Waals surface area (Å²) in [6.07, 6.45) is 0.